The summed E-state index contributed by atoms with van der Waals surface area (Å²) in [6.07, 6.45) is -4.31. The summed E-state index contributed by atoms with van der Waals surface area (Å²) in [5, 5.41) is 2.93. The number of alkyl halides is 3. The number of aromatic nitrogens is 1. The van der Waals surface area contributed by atoms with Crippen molar-refractivity contribution in [2.24, 2.45) is 0 Å². The Balaban J connectivity index is 1.57. The normalized spacial score (nSPS) is 11.6. The monoisotopic (exact) mass is 428 g/mol. The summed E-state index contributed by atoms with van der Waals surface area (Å²) in [6.45, 7) is 0.527. The molecule has 0 radical (unpaired) electrons. The van der Waals surface area contributed by atoms with Gasteiger partial charge < -0.3 is 10.1 Å². The minimum absolute atomic E-state index is 0.0195. The van der Waals surface area contributed by atoms with Crippen LogP contribution in [0.5, 0.6) is 5.75 Å². The number of fused-ring (bicyclic) bond motifs is 1. The number of nitrogens with one attached hydrogen (secondary N) is 1. The molecule has 0 unspecified atom stereocenters. The van der Waals surface area contributed by atoms with Crippen LogP contribution in [0.25, 0.3) is 10.2 Å². The first-order chi connectivity index (χ1) is 13.2. The molecule has 5 nitrogen and oxygen atoms in total. The third kappa shape index (κ3) is 5.52. The van der Waals surface area contributed by atoms with Crippen LogP contribution in [-0.4, -0.2) is 29.5 Å². The van der Waals surface area contributed by atoms with Gasteiger partial charge in [0.1, 0.15) is 5.75 Å². The van der Waals surface area contributed by atoms with Gasteiger partial charge in [-0.1, -0.05) is 11.3 Å². The summed E-state index contributed by atoms with van der Waals surface area (Å²) >= 11 is 2.51. The summed E-state index contributed by atoms with van der Waals surface area (Å²) in [5.74, 6) is -0.374. The fraction of sp³-hybridized carbons (Fsp3) is 0.278. The topological polar surface area (TPSA) is 68.3 Å². The number of hydrogen-bond donors (Lipinski definition) is 1. The zero-order valence-corrected chi connectivity index (χ0v) is 16.3. The van der Waals surface area contributed by atoms with Gasteiger partial charge in [-0.25, -0.2) is 4.98 Å². The predicted octanol–water partition coefficient (Wildman–Crippen LogP) is 5.21. The number of ketones is 1. The molecule has 0 aliphatic rings. The zero-order valence-electron chi connectivity index (χ0n) is 14.6. The van der Waals surface area contributed by atoms with Crippen LogP contribution in [0.3, 0.4) is 0 Å². The summed E-state index contributed by atoms with van der Waals surface area (Å²) < 4.78 is 42.0. The van der Waals surface area contributed by atoms with Crippen molar-refractivity contribution in [3.8, 4) is 5.75 Å². The Bertz CT molecular complexity index is 1010. The van der Waals surface area contributed by atoms with Crippen LogP contribution in [0.15, 0.2) is 30.3 Å². The number of carbonyl (C=O) groups is 2. The molecule has 0 spiro atoms. The van der Waals surface area contributed by atoms with Crippen molar-refractivity contribution in [1.82, 2.24) is 4.98 Å². The lowest BCUT2D eigenvalue weighted by Crippen LogP contribution is -2.19. The smallest absolute Gasteiger partial charge is 0.422 e. The number of ether oxygens (including phenoxy) is 1. The Morgan fingerprint density at radius 1 is 1.14 bits per heavy atom. The number of nitrogens with zero attached hydrogens (tertiary/aromatic N) is 1. The van der Waals surface area contributed by atoms with Gasteiger partial charge in [-0.05, 0) is 37.3 Å². The Labute approximate surface area is 166 Å². The second kappa shape index (κ2) is 8.27. The summed E-state index contributed by atoms with van der Waals surface area (Å²) in [7, 11) is 0. The molecule has 148 valence electrons. The number of rotatable bonds is 7. The first-order valence-corrected chi connectivity index (χ1v) is 9.82. The van der Waals surface area contributed by atoms with E-state index in [-0.39, 0.29) is 30.3 Å². The van der Waals surface area contributed by atoms with E-state index in [1.165, 1.54) is 29.5 Å². The van der Waals surface area contributed by atoms with Gasteiger partial charge in [-0.15, -0.1) is 11.3 Å². The van der Waals surface area contributed by atoms with Gasteiger partial charge in [0.2, 0.25) is 5.91 Å². The molecule has 1 amide bonds. The van der Waals surface area contributed by atoms with E-state index in [4.69, 9.17) is 4.74 Å². The number of halogens is 3. The van der Waals surface area contributed by atoms with E-state index in [2.05, 4.69) is 10.3 Å². The van der Waals surface area contributed by atoms with Crippen molar-refractivity contribution < 1.29 is 27.5 Å². The number of hydrogen-bond acceptors (Lipinski definition) is 6. The highest BCUT2D eigenvalue weighted by Gasteiger charge is 2.28. The second-order valence-corrected chi connectivity index (χ2v) is 8.25. The molecule has 3 aromatic rings. The number of thiophene rings is 1. The summed E-state index contributed by atoms with van der Waals surface area (Å²) in [4.78, 5) is 30.0. The third-order valence-electron chi connectivity index (χ3n) is 3.60. The van der Waals surface area contributed by atoms with E-state index in [0.717, 1.165) is 16.2 Å². The Morgan fingerprint density at radius 3 is 2.61 bits per heavy atom. The molecule has 1 aromatic carbocycles. The van der Waals surface area contributed by atoms with Gasteiger partial charge in [0.15, 0.2) is 17.5 Å². The number of Topliss-reactive ketones (excluding diaryl/α,β-unsaturated/α-hetero) is 1. The Kier molecular flexibility index (Phi) is 5.99. The van der Waals surface area contributed by atoms with E-state index in [1.807, 2.05) is 13.0 Å². The SMILES string of the molecule is Cc1ccc(C(=O)CCC(=O)Nc2nc3ccc(OCC(F)(F)F)cc3s2)s1. The standard InChI is InChI=1S/C18H15F3N2O3S2/c1-10-2-6-14(27-10)13(24)5-7-16(25)23-17-22-12-4-3-11(8-15(12)28-17)26-9-18(19,20)21/h2-4,6,8H,5,7,9H2,1H3,(H,22,23,25). The van der Waals surface area contributed by atoms with Crippen LogP contribution in [0.4, 0.5) is 18.3 Å². The maximum absolute atomic E-state index is 12.2. The molecule has 0 saturated carbocycles. The molecule has 2 aromatic heterocycles. The predicted molar refractivity (Wildman–Crippen MR) is 102 cm³/mol. The zero-order chi connectivity index (χ0) is 20.3. The second-order valence-electron chi connectivity index (χ2n) is 5.93. The Hall–Kier alpha value is -2.46. The van der Waals surface area contributed by atoms with Gasteiger partial charge in [0.05, 0.1) is 15.1 Å². The molecule has 10 heteroatoms. The number of amides is 1. The molecule has 28 heavy (non-hydrogen) atoms. The number of carbonyl (C=O) groups excluding carboxylic acids is 2. The summed E-state index contributed by atoms with van der Waals surface area (Å²) in [5.41, 5.74) is 0.532. The molecule has 0 bridgehead atoms. The number of aryl methyl sites for hydroxylation is 1. The van der Waals surface area contributed by atoms with Gasteiger partial charge in [-0.2, -0.15) is 13.2 Å². The molecule has 1 N–H and O–H groups in total. The van der Waals surface area contributed by atoms with Crippen molar-refractivity contribution in [3.05, 3.63) is 40.1 Å². The van der Waals surface area contributed by atoms with E-state index in [0.29, 0.717) is 20.2 Å². The van der Waals surface area contributed by atoms with Crippen LogP contribution in [0, 0.1) is 6.92 Å². The van der Waals surface area contributed by atoms with Gasteiger partial charge in [0.25, 0.3) is 0 Å². The lowest BCUT2D eigenvalue weighted by atomic mass is 10.2. The molecule has 0 saturated heterocycles. The largest absolute Gasteiger partial charge is 0.484 e. The summed E-state index contributed by atoms with van der Waals surface area (Å²) in [6, 6.07) is 7.95. The highest BCUT2D eigenvalue weighted by Crippen LogP contribution is 2.30. The minimum Gasteiger partial charge on any atom is -0.484 e. The molecule has 3 rings (SSSR count). The highest BCUT2D eigenvalue weighted by molar-refractivity contribution is 7.22. The van der Waals surface area contributed by atoms with Crippen LogP contribution < -0.4 is 10.1 Å². The maximum atomic E-state index is 12.2. The van der Waals surface area contributed by atoms with E-state index >= 15 is 0 Å². The number of benzene rings is 1. The lowest BCUT2D eigenvalue weighted by Gasteiger charge is -2.08. The van der Waals surface area contributed by atoms with Gasteiger partial charge in [-0.3, -0.25) is 9.59 Å². The molecular formula is C18H15F3N2O3S2. The first kappa shape index (κ1) is 20.3. The first-order valence-electron chi connectivity index (χ1n) is 8.19. The molecule has 2 heterocycles. The third-order valence-corrected chi connectivity index (χ3v) is 5.58. The lowest BCUT2D eigenvalue weighted by molar-refractivity contribution is -0.153. The van der Waals surface area contributed by atoms with Crippen LogP contribution in [0.2, 0.25) is 0 Å². The molecule has 0 aliphatic heterocycles. The van der Waals surface area contributed by atoms with Crippen molar-refractivity contribution in [1.29, 1.82) is 0 Å². The average Bonchev–Trinajstić information content (AvgIpc) is 3.22. The molecule has 0 aliphatic carbocycles. The van der Waals surface area contributed by atoms with Crippen molar-refractivity contribution in [2.75, 3.05) is 11.9 Å². The van der Waals surface area contributed by atoms with Crippen molar-refractivity contribution in [3.63, 3.8) is 0 Å². The average molecular weight is 428 g/mol. The van der Waals surface area contributed by atoms with E-state index in [9.17, 15) is 22.8 Å². The number of anilines is 1. The van der Waals surface area contributed by atoms with Gasteiger partial charge in [0, 0.05) is 17.7 Å². The molecule has 0 fully saturated rings. The fourth-order valence-electron chi connectivity index (χ4n) is 2.33. The van der Waals surface area contributed by atoms with E-state index in [1.54, 1.807) is 6.07 Å². The molecule has 0 atom stereocenters. The molecular weight excluding hydrogens is 413 g/mol. The Morgan fingerprint density at radius 2 is 1.93 bits per heavy atom. The van der Waals surface area contributed by atoms with Crippen LogP contribution in [-0.2, 0) is 4.79 Å². The van der Waals surface area contributed by atoms with Crippen LogP contribution >= 0.6 is 22.7 Å². The van der Waals surface area contributed by atoms with Crippen LogP contribution in [0.1, 0.15) is 27.4 Å². The fourth-order valence-corrected chi connectivity index (χ4v) is 4.08. The van der Waals surface area contributed by atoms with Crippen molar-refractivity contribution in [2.45, 2.75) is 25.9 Å². The highest BCUT2D eigenvalue weighted by atomic mass is 32.1. The maximum Gasteiger partial charge on any atom is 0.422 e. The minimum atomic E-state index is -4.42. The van der Waals surface area contributed by atoms with E-state index < -0.39 is 12.8 Å². The van der Waals surface area contributed by atoms with Crippen molar-refractivity contribution >= 4 is 49.7 Å². The quantitative estimate of drug-likeness (QED) is 0.525. The number of thiazole rings is 1. The van der Waals surface area contributed by atoms with Gasteiger partial charge >= 0.3 is 6.18 Å².